The summed E-state index contributed by atoms with van der Waals surface area (Å²) < 4.78 is 5.68. The average molecular weight is 285 g/mol. The van der Waals surface area contributed by atoms with Crippen molar-refractivity contribution in [3.05, 3.63) is 53.7 Å². The van der Waals surface area contributed by atoms with Crippen molar-refractivity contribution in [1.29, 1.82) is 0 Å². The number of rotatable bonds is 5. The van der Waals surface area contributed by atoms with Crippen LogP contribution >= 0.6 is 0 Å². The van der Waals surface area contributed by atoms with Gasteiger partial charge in [-0.15, -0.1) is 0 Å². The molecular formula is C16H19N3O2. The Morgan fingerprint density at radius 1 is 1.29 bits per heavy atom. The molecule has 2 aromatic rings. The summed E-state index contributed by atoms with van der Waals surface area (Å²) >= 11 is 0. The van der Waals surface area contributed by atoms with E-state index in [0.29, 0.717) is 23.2 Å². The standard InChI is InChI=1S/C16H19N3O2/c1-3-11(2)12-7-9-13(10-8-12)21-15-6-4-5-14(18-15)16(17)19-20/h4-11,20H,3H2,1-2H3,(H2,17,19). The Morgan fingerprint density at radius 2 is 2.00 bits per heavy atom. The maximum Gasteiger partial charge on any atom is 0.219 e. The van der Waals surface area contributed by atoms with Crippen molar-refractivity contribution < 1.29 is 9.94 Å². The second kappa shape index (κ2) is 6.74. The highest BCUT2D eigenvalue weighted by atomic mass is 16.5. The first kappa shape index (κ1) is 14.8. The molecule has 0 aliphatic rings. The quantitative estimate of drug-likeness (QED) is 0.381. The molecule has 0 aliphatic heterocycles. The number of hydrogen-bond donors (Lipinski definition) is 2. The molecule has 0 saturated heterocycles. The summed E-state index contributed by atoms with van der Waals surface area (Å²) in [6.07, 6.45) is 1.10. The van der Waals surface area contributed by atoms with Gasteiger partial charge in [0.05, 0.1) is 0 Å². The summed E-state index contributed by atoms with van der Waals surface area (Å²) in [5.74, 6) is 1.58. The van der Waals surface area contributed by atoms with Crippen molar-refractivity contribution in [2.24, 2.45) is 10.9 Å². The largest absolute Gasteiger partial charge is 0.439 e. The molecule has 110 valence electrons. The molecular weight excluding hydrogens is 266 g/mol. The van der Waals surface area contributed by atoms with Crippen molar-refractivity contribution >= 4 is 5.84 Å². The fourth-order valence-electron chi connectivity index (χ4n) is 1.89. The molecule has 1 aromatic carbocycles. The first-order chi connectivity index (χ1) is 10.1. The molecule has 0 fully saturated rings. The Balaban J connectivity index is 2.15. The molecule has 1 aromatic heterocycles. The van der Waals surface area contributed by atoms with Crippen LogP contribution in [-0.4, -0.2) is 16.0 Å². The molecule has 0 radical (unpaired) electrons. The van der Waals surface area contributed by atoms with Crippen LogP contribution in [0.4, 0.5) is 0 Å². The van der Waals surface area contributed by atoms with Crippen molar-refractivity contribution in [3.63, 3.8) is 0 Å². The normalized spacial score (nSPS) is 13.0. The molecule has 0 saturated carbocycles. The number of amidine groups is 1. The van der Waals surface area contributed by atoms with E-state index in [0.717, 1.165) is 6.42 Å². The lowest BCUT2D eigenvalue weighted by atomic mass is 9.99. The van der Waals surface area contributed by atoms with Gasteiger partial charge < -0.3 is 15.7 Å². The first-order valence-corrected chi connectivity index (χ1v) is 6.86. The smallest absolute Gasteiger partial charge is 0.219 e. The van der Waals surface area contributed by atoms with E-state index in [4.69, 9.17) is 15.7 Å². The molecule has 3 N–H and O–H groups in total. The van der Waals surface area contributed by atoms with Gasteiger partial charge in [0, 0.05) is 6.07 Å². The molecule has 5 nitrogen and oxygen atoms in total. The van der Waals surface area contributed by atoms with Gasteiger partial charge in [-0.25, -0.2) is 4.98 Å². The molecule has 2 rings (SSSR count). The molecule has 1 unspecified atom stereocenters. The van der Waals surface area contributed by atoms with Crippen LogP contribution in [0.2, 0.25) is 0 Å². The molecule has 0 aliphatic carbocycles. The van der Waals surface area contributed by atoms with Crippen LogP contribution in [0.3, 0.4) is 0 Å². The Morgan fingerprint density at radius 3 is 2.62 bits per heavy atom. The minimum Gasteiger partial charge on any atom is -0.439 e. The second-order valence-corrected chi connectivity index (χ2v) is 4.83. The third kappa shape index (κ3) is 3.72. The topological polar surface area (TPSA) is 80.7 Å². The maximum atomic E-state index is 8.66. The molecule has 1 heterocycles. The zero-order chi connectivity index (χ0) is 15.2. The highest BCUT2D eigenvalue weighted by Gasteiger charge is 2.06. The summed E-state index contributed by atoms with van der Waals surface area (Å²) in [7, 11) is 0. The van der Waals surface area contributed by atoms with Gasteiger partial charge in [-0.05, 0) is 36.1 Å². The minimum atomic E-state index is -0.0485. The molecule has 0 spiro atoms. The van der Waals surface area contributed by atoms with Crippen LogP contribution in [-0.2, 0) is 0 Å². The Hall–Kier alpha value is -2.56. The van der Waals surface area contributed by atoms with E-state index in [9.17, 15) is 0 Å². The first-order valence-electron chi connectivity index (χ1n) is 6.86. The molecule has 0 amide bonds. The van der Waals surface area contributed by atoms with Crippen LogP contribution in [0.15, 0.2) is 47.6 Å². The lowest BCUT2D eigenvalue weighted by molar-refractivity contribution is 0.318. The summed E-state index contributed by atoms with van der Waals surface area (Å²) in [5, 5.41) is 11.6. The van der Waals surface area contributed by atoms with E-state index >= 15 is 0 Å². The van der Waals surface area contributed by atoms with Crippen molar-refractivity contribution in [1.82, 2.24) is 4.98 Å². The number of benzene rings is 1. The lowest BCUT2D eigenvalue weighted by Gasteiger charge is -2.10. The number of aromatic nitrogens is 1. The highest BCUT2D eigenvalue weighted by Crippen LogP contribution is 2.24. The number of ether oxygens (including phenoxy) is 1. The van der Waals surface area contributed by atoms with Crippen LogP contribution in [0.1, 0.15) is 37.4 Å². The summed E-state index contributed by atoms with van der Waals surface area (Å²) in [5.41, 5.74) is 7.15. The average Bonchev–Trinajstić information content (AvgIpc) is 2.54. The predicted octanol–water partition coefficient (Wildman–Crippen LogP) is 3.48. The monoisotopic (exact) mass is 285 g/mol. The van der Waals surface area contributed by atoms with Crippen LogP contribution in [0, 0.1) is 0 Å². The van der Waals surface area contributed by atoms with Crippen LogP contribution < -0.4 is 10.5 Å². The Kier molecular flexibility index (Phi) is 4.77. The second-order valence-electron chi connectivity index (χ2n) is 4.83. The molecule has 5 heteroatoms. The van der Waals surface area contributed by atoms with Crippen LogP contribution in [0.5, 0.6) is 11.6 Å². The third-order valence-electron chi connectivity index (χ3n) is 3.38. The van der Waals surface area contributed by atoms with E-state index in [-0.39, 0.29) is 5.84 Å². The van der Waals surface area contributed by atoms with E-state index in [2.05, 4.69) is 36.1 Å². The highest BCUT2D eigenvalue weighted by molar-refractivity contribution is 5.95. The Bertz CT molecular complexity index is 624. The van der Waals surface area contributed by atoms with E-state index in [1.807, 2.05) is 12.1 Å². The number of oxime groups is 1. The van der Waals surface area contributed by atoms with E-state index in [1.54, 1.807) is 18.2 Å². The fraction of sp³-hybridized carbons (Fsp3) is 0.250. The van der Waals surface area contributed by atoms with E-state index < -0.39 is 0 Å². The number of pyridine rings is 1. The molecule has 1 atom stereocenters. The predicted molar refractivity (Wildman–Crippen MR) is 82.0 cm³/mol. The van der Waals surface area contributed by atoms with Crippen molar-refractivity contribution in [2.45, 2.75) is 26.2 Å². The summed E-state index contributed by atoms with van der Waals surface area (Å²) in [6.45, 7) is 4.36. The number of hydrogen-bond acceptors (Lipinski definition) is 4. The molecule has 0 bridgehead atoms. The SMILES string of the molecule is CCC(C)c1ccc(Oc2cccc(/C(N)=N/O)n2)cc1. The van der Waals surface area contributed by atoms with Gasteiger partial charge in [0.2, 0.25) is 5.88 Å². The van der Waals surface area contributed by atoms with Gasteiger partial charge >= 0.3 is 0 Å². The van der Waals surface area contributed by atoms with Crippen molar-refractivity contribution in [3.8, 4) is 11.6 Å². The van der Waals surface area contributed by atoms with Crippen LogP contribution in [0.25, 0.3) is 0 Å². The van der Waals surface area contributed by atoms with Gasteiger partial charge in [0.15, 0.2) is 5.84 Å². The Labute approximate surface area is 124 Å². The van der Waals surface area contributed by atoms with Gasteiger partial charge in [0.1, 0.15) is 11.4 Å². The van der Waals surface area contributed by atoms with Gasteiger partial charge in [0.25, 0.3) is 0 Å². The maximum absolute atomic E-state index is 8.66. The zero-order valence-electron chi connectivity index (χ0n) is 12.2. The van der Waals surface area contributed by atoms with Gasteiger partial charge in [-0.1, -0.05) is 37.2 Å². The van der Waals surface area contributed by atoms with Gasteiger partial charge in [-0.3, -0.25) is 0 Å². The van der Waals surface area contributed by atoms with E-state index in [1.165, 1.54) is 5.56 Å². The lowest BCUT2D eigenvalue weighted by Crippen LogP contribution is -2.14. The van der Waals surface area contributed by atoms with Gasteiger partial charge in [-0.2, -0.15) is 0 Å². The number of nitrogens with zero attached hydrogens (tertiary/aromatic N) is 2. The zero-order valence-corrected chi connectivity index (χ0v) is 12.2. The van der Waals surface area contributed by atoms with Crippen molar-refractivity contribution in [2.75, 3.05) is 0 Å². The fourth-order valence-corrected chi connectivity index (χ4v) is 1.89. The third-order valence-corrected chi connectivity index (χ3v) is 3.38. The summed E-state index contributed by atoms with van der Waals surface area (Å²) in [6, 6.07) is 13.0. The minimum absolute atomic E-state index is 0.0485. The summed E-state index contributed by atoms with van der Waals surface area (Å²) in [4.78, 5) is 4.17. The number of nitrogens with two attached hydrogens (primary N) is 1. The molecule has 21 heavy (non-hydrogen) atoms.